The smallest absolute Gasteiger partial charge is 0.0507 e. The topological polar surface area (TPSA) is 15.7 Å². The van der Waals surface area contributed by atoms with Crippen LogP contribution >= 0.6 is 0 Å². The van der Waals surface area contributed by atoms with Crippen LogP contribution in [0, 0.1) is 5.92 Å². The van der Waals surface area contributed by atoms with Crippen LogP contribution < -0.4 is 0 Å². The van der Waals surface area contributed by atoms with Crippen LogP contribution in [0.25, 0.3) is 0 Å². The first-order chi connectivity index (χ1) is 8.33. The summed E-state index contributed by atoms with van der Waals surface area (Å²) in [5, 5.41) is 0. The van der Waals surface area contributed by atoms with E-state index in [0.717, 1.165) is 31.2 Å². The quantitative estimate of drug-likeness (QED) is 0.726. The van der Waals surface area contributed by atoms with Gasteiger partial charge in [-0.15, -0.1) is 0 Å². The lowest BCUT2D eigenvalue weighted by molar-refractivity contribution is 0.00695. The van der Waals surface area contributed by atoms with Crippen molar-refractivity contribution < 1.29 is 4.74 Å². The van der Waals surface area contributed by atoms with Gasteiger partial charge in [0.25, 0.3) is 0 Å². The molecule has 0 amide bonds. The van der Waals surface area contributed by atoms with Crippen molar-refractivity contribution in [3.05, 3.63) is 0 Å². The number of ether oxygens (including phenoxy) is 1. The lowest BCUT2D eigenvalue weighted by Gasteiger charge is -2.48. The Kier molecular flexibility index (Phi) is 3.69. The summed E-state index contributed by atoms with van der Waals surface area (Å²) in [5.41, 5.74) is 0. The van der Waals surface area contributed by atoms with Crippen molar-refractivity contribution in [3.8, 4) is 0 Å². The monoisotopic (exact) mass is 238 g/mol. The van der Waals surface area contributed by atoms with E-state index >= 15 is 0 Å². The van der Waals surface area contributed by atoms with E-state index in [4.69, 9.17) is 4.74 Å². The van der Waals surface area contributed by atoms with E-state index in [1.165, 1.54) is 51.9 Å². The molecule has 0 aromatic rings. The normalized spacial score (nSPS) is 40.4. The molecule has 0 saturated carbocycles. The second-order valence-corrected chi connectivity index (χ2v) is 6.18. The molecule has 0 N–H and O–H groups in total. The summed E-state index contributed by atoms with van der Waals surface area (Å²) in [6, 6.07) is 1.59. The van der Waals surface area contributed by atoms with Gasteiger partial charge in [0.15, 0.2) is 0 Å². The van der Waals surface area contributed by atoms with Crippen molar-refractivity contribution in [2.24, 2.45) is 5.92 Å². The molecule has 3 aliphatic rings. The maximum absolute atomic E-state index is 5.50. The predicted octanol–water partition coefficient (Wildman–Crippen LogP) is 1.58. The maximum atomic E-state index is 5.50. The zero-order valence-corrected chi connectivity index (χ0v) is 11.1. The Bertz CT molecular complexity index is 253. The van der Waals surface area contributed by atoms with Crippen LogP contribution in [0.2, 0.25) is 0 Å². The van der Waals surface area contributed by atoms with Crippen molar-refractivity contribution >= 4 is 0 Å². The van der Waals surface area contributed by atoms with Crippen LogP contribution in [0.3, 0.4) is 0 Å². The van der Waals surface area contributed by atoms with E-state index in [2.05, 4.69) is 16.7 Å². The molecule has 0 aliphatic carbocycles. The molecule has 3 aliphatic heterocycles. The highest BCUT2D eigenvalue weighted by Gasteiger charge is 2.34. The van der Waals surface area contributed by atoms with E-state index in [-0.39, 0.29) is 0 Å². The molecule has 3 fully saturated rings. The Balaban J connectivity index is 1.57. The molecule has 98 valence electrons. The molecule has 0 radical (unpaired) electrons. The fourth-order valence-electron chi connectivity index (χ4n) is 3.73. The minimum absolute atomic E-state index is 0.741. The van der Waals surface area contributed by atoms with E-state index in [1.807, 2.05) is 0 Å². The molecule has 3 saturated heterocycles. The number of nitrogens with zero attached hydrogens (tertiary/aromatic N) is 2. The molecule has 3 heterocycles. The largest absolute Gasteiger partial charge is 0.381 e. The standard InChI is InChI=1S/C14H26N2O/c1-12-8-15-6-3-2-4-14(15)10-16(12)9-13-5-7-17-11-13/h12-14H,2-11H2,1H3. The number of fused-ring (bicyclic) bond motifs is 1. The van der Waals surface area contributed by atoms with Gasteiger partial charge < -0.3 is 4.74 Å². The molecule has 3 unspecified atom stereocenters. The van der Waals surface area contributed by atoms with Crippen molar-refractivity contribution in [1.82, 2.24) is 9.80 Å². The van der Waals surface area contributed by atoms with Gasteiger partial charge >= 0.3 is 0 Å². The molecule has 17 heavy (non-hydrogen) atoms. The third-order valence-electron chi connectivity index (χ3n) is 4.83. The highest BCUT2D eigenvalue weighted by Crippen LogP contribution is 2.25. The molecule has 0 spiro atoms. The minimum atomic E-state index is 0.741. The molecule has 0 aromatic carbocycles. The number of hydrogen-bond acceptors (Lipinski definition) is 3. The van der Waals surface area contributed by atoms with Gasteiger partial charge in [-0.25, -0.2) is 0 Å². The van der Waals surface area contributed by atoms with E-state index in [0.29, 0.717) is 0 Å². The highest BCUT2D eigenvalue weighted by molar-refractivity contribution is 4.90. The van der Waals surface area contributed by atoms with Gasteiger partial charge in [0, 0.05) is 38.3 Å². The molecular weight excluding hydrogens is 212 g/mol. The number of rotatable bonds is 2. The van der Waals surface area contributed by atoms with E-state index in [9.17, 15) is 0 Å². The predicted molar refractivity (Wildman–Crippen MR) is 69.2 cm³/mol. The number of piperazine rings is 1. The first kappa shape index (κ1) is 11.9. The van der Waals surface area contributed by atoms with Crippen LogP contribution in [0.5, 0.6) is 0 Å². The van der Waals surface area contributed by atoms with Crippen LogP contribution in [-0.4, -0.2) is 61.3 Å². The first-order valence-electron chi connectivity index (χ1n) is 7.39. The minimum Gasteiger partial charge on any atom is -0.381 e. The number of piperidine rings is 1. The average molecular weight is 238 g/mol. The third-order valence-corrected chi connectivity index (χ3v) is 4.83. The van der Waals surface area contributed by atoms with Gasteiger partial charge in [0.05, 0.1) is 6.61 Å². The van der Waals surface area contributed by atoms with Crippen LogP contribution in [0.1, 0.15) is 32.6 Å². The summed E-state index contributed by atoms with van der Waals surface area (Å²) in [7, 11) is 0. The van der Waals surface area contributed by atoms with Gasteiger partial charge in [-0.2, -0.15) is 0 Å². The SMILES string of the molecule is CC1CN2CCCCC2CN1CC1CCOC1. The second-order valence-electron chi connectivity index (χ2n) is 6.18. The average Bonchev–Trinajstić information content (AvgIpc) is 2.83. The summed E-state index contributed by atoms with van der Waals surface area (Å²) in [6.45, 7) is 9.59. The zero-order chi connectivity index (χ0) is 11.7. The van der Waals surface area contributed by atoms with Crippen molar-refractivity contribution in [1.29, 1.82) is 0 Å². The van der Waals surface area contributed by atoms with Crippen LogP contribution in [0.15, 0.2) is 0 Å². The summed E-state index contributed by atoms with van der Waals surface area (Å²) in [4.78, 5) is 5.46. The molecule has 0 bridgehead atoms. The third kappa shape index (κ3) is 2.67. The Morgan fingerprint density at radius 1 is 1.18 bits per heavy atom. The Labute approximate surface area is 105 Å². The lowest BCUT2D eigenvalue weighted by Crippen LogP contribution is -2.59. The van der Waals surface area contributed by atoms with Gasteiger partial charge in [0.1, 0.15) is 0 Å². The summed E-state index contributed by atoms with van der Waals surface area (Å²) in [6.07, 6.45) is 5.55. The van der Waals surface area contributed by atoms with Gasteiger partial charge in [-0.3, -0.25) is 9.80 Å². The van der Waals surface area contributed by atoms with Gasteiger partial charge in [-0.1, -0.05) is 6.42 Å². The Hall–Kier alpha value is -0.120. The molecule has 3 atom stereocenters. The molecular formula is C14H26N2O. The van der Waals surface area contributed by atoms with Crippen LogP contribution in [-0.2, 0) is 4.74 Å². The van der Waals surface area contributed by atoms with Gasteiger partial charge in [-0.05, 0) is 38.6 Å². The van der Waals surface area contributed by atoms with Crippen LogP contribution in [0.4, 0.5) is 0 Å². The van der Waals surface area contributed by atoms with Crippen molar-refractivity contribution in [2.45, 2.75) is 44.7 Å². The van der Waals surface area contributed by atoms with Crippen molar-refractivity contribution in [3.63, 3.8) is 0 Å². The maximum Gasteiger partial charge on any atom is 0.0507 e. The first-order valence-corrected chi connectivity index (χ1v) is 7.39. The number of hydrogen-bond donors (Lipinski definition) is 0. The molecule has 3 rings (SSSR count). The van der Waals surface area contributed by atoms with Gasteiger partial charge in [0.2, 0.25) is 0 Å². The van der Waals surface area contributed by atoms with Crippen molar-refractivity contribution in [2.75, 3.05) is 39.4 Å². The summed E-state index contributed by atoms with van der Waals surface area (Å²) >= 11 is 0. The van der Waals surface area contributed by atoms with E-state index < -0.39 is 0 Å². The summed E-state index contributed by atoms with van der Waals surface area (Å²) < 4.78 is 5.50. The highest BCUT2D eigenvalue weighted by atomic mass is 16.5. The summed E-state index contributed by atoms with van der Waals surface area (Å²) in [5.74, 6) is 0.799. The Morgan fingerprint density at radius 2 is 2.12 bits per heavy atom. The zero-order valence-electron chi connectivity index (χ0n) is 11.1. The fourth-order valence-corrected chi connectivity index (χ4v) is 3.73. The van der Waals surface area contributed by atoms with E-state index in [1.54, 1.807) is 0 Å². The lowest BCUT2D eigenvalue weighted by atomic mass is 9.96. The Morgan fingerprint density at radius 3 is 2.94 bits per heavy atom. The molecule has 0 aromatic heterocycles. The fraction of sp³-hybridized carbons (Fsp3) is 1.00. The molecule has 3 nitrogen and oxygen atoms in total. The molecule has 3 heteroatoms. The second kappa shape index (κ2) is 5.25.